The lowest BCUT2D eigenvalue weighted by atomic mass is 10.4. The summed E-state index contributed by atoms with van der Waals surface area (Å²) in [6, 6.07) is 0.605. The second kappa shape index (κ2) is 6.00. The van der Waals surface area contributed by atoms with Crippen LogP contribution in [0.5, 0.6) is 18.0 Å². The van der Waals surface area contributed by atoms with Crippen LogP contribution in [0.3, 0.4) is 0 Å². The van der Waals surface area contributed by atoms with Gasteiger partial charge < -0.3 is 14.2 Å². The fraction of sp³-hybridized carbons (Fsp3) is 0.667. The molecule has 0 radical (unpaired) electrons. The van der Waals surface area contributed by atoms with Crippen molar-refractivity contribution in [2.75, 3.05) is 20.8 Å². The third-order valence-corrected chi connectivity index (χ3v) is 1.67. The van der Waals surface area contributed by atoms with Crippen LogP contribution in [0.4, 0.5) is 0 Å². The lowest BCUT2D eigenvalue weighted by Gasteiger charge is -2.05. The van der Waals surface area contributed by atoms with Crippen LogP contribution in [-0.4, -0.2) is 35.8 Å². The molecule has 0 saturated carbocycles. The summed E-state index contributed by atoms with van der Waals surface area (Å²) in [5.74, 6) is 0. The van der Waals surface area contributed by atoms with Gasteiger partial charge in [-0.15, -0.1) is 15.0 Å². The summed E-state index contributed by atoms with van der Waals surface area (Å²) >= 11 is 0. The molecule has 15 heavy (non-hydrogen) atoms. The molecule has 0 unspecified atom stereocenters. The normalized spacial score (nSPS) is 9.80. The standard InChI is InChI=1S/C9H15N3O3/c1-4-5-6-15-9-11-7(13-2)10-8(12-9)14-3/h4-6H2,1-3H3. The molecular formula is C9H15N3O3. The first kappa shape index (κ1) is 11.5. The quantitative estimate of drug-likeness (QED) is 0.658. The minimum Gasteiger partial charge on any atom is -0.467 e. The van der Waals surface area contributed by atoms with Crippen molar-refractivity contribution in [1.29, 1.82) is 0 Å². The van der Waals surface area contributed by atoms with E-state index in [1.165, 1.54) is 14.2 Å². The zero-order valence-electron chi connectivity index (χ0n) is 9.19. The molecule has 1 aromatic rings. The maximum atomic E-state index is 5.31. The summed E-state index contributed by atoms with van der Waals surface area (Å²) in [6.45, 7) is 2.66. The van der Waals surface area contributed by atoms with Crippen molar-refractivity contribution in [3.05, 3.63) is 0 Å². The summed E-state index contributed by atoms with van der Waals surface area (Å²) < 4.78 is 15.1. The first-order valence-electron chi connectivity index (χ1n) is 4.77. The van der Waals surface area contributed by atoms with Gasteiger partial charge in [0.1, 0.15) is 0 Å². The van der Waals surface area contributed by atoms with Crippen molar-refractivity contribution in [2.45, 2.75) is 19.8 Å². The Morgan fingerprint density at radius 2 is 1.47 bits per heavy atom. The van der Waals surface area contributed by atoms with Crippen LogP contribution in [0.25, 0.3) is 0 Å². The van der Waals surface area contributed by atoms with Gasteiger partial charge in [0.25, 0.3) is 0 Å². The third-order valence-electron chi connectivity index (χ3n) is 1.67. The SMILES string of the molecule is CCCCOc1nc(OC)nc(OC)n1. The minimum atomic E-state index is 0.188. The Hall–Kier alpha value is -1.59. The van der Waals surface area contributed by atoms with Gasteiger partial charge >= 0.3 is 18.0 Å². The van der Waals surface area contributed by atoms with E-state index in [1.54, 1.807) is 0 Å². The molecule has 6 heteroatoms. The highest BCUT2D eigenvalue weighted by molar-refractivity contribution is 5.08. The molecule has 0 bridgehead atoms. The Balaban J connectivity index is 2.68. The largest absolute Gasteiger partial charge is 0.467 e. The summed E-state index contributed by atoms with van der Waals surface area (Å²) in [7, 11) is 2.95. The van der Waals surface area contributed by atoms with E-state index in [0.717, 1.165) is 12.8 Å². The van der Waals surface area contributed by atoms with E-state index in [9.17, 15) is 0 Å². The number of rotatable bonds is 6. The van der Waals surface area contributed by atoms with Gasteiger partial charge in [-0.05, 0) is 6.42 Å². The van der Waals surface area contributed by atoms with Crippen LogP contribution < -0.4 is 14.2 Å². The fourth-order valence-electron chi connectivity index (χ4n) is 0.875. The molecule has 0 atom stereocenters. The Kier molecular flexibility index (Phi) is 4.59. The number of nitrogens with zero attached hydrogens (tertiary/aromatic N) is 3. The highest BCUT2D eigenvalue weighted by atomic mass is 16.5. The van der Waals surface area contributed by atoms with E-state index >= 15 is 0 Å². The second-order valence-corrected chi connectivity index (χ2v) is 2.79. The van der Waals surface area contributed by atoms with E-state index < -0.39 is 0 Å². The van der Waals surface area contributed by atoms with Gasteiger partial charge in [0.15, 0.2) is 0 Å². The van der Waals surface area contributed by atoms with Gasteiger partial charge in [-0.2, -0.15) is 0 Å². The number of hydrogen-bond acceptors (Lipinski definition) is 6. The number of ether oxygens (including phenoxy) is 3. The predicted molar refractivity (Wildman–Crippen MR) is 53.3 cm³/mol. The second-order valence-electron chi connectivity index (χ2n) is 2.79. The minimum absolute atomic E-state index is 0.188. The number of unbranched alkanes of at least 4 members (excludes halogenated alkanes) is 1. The van der Waals surface area contributed by atoms with Crippen LogP contribution in [0, 0.1) is 0 Å². The van der Waals surface area contributed by atoms with Crippen LogP contribution in [0.2, 0.25) is 0 Å². The monoisotopic (exact) mass is 213 g/mol. The van der Waals surface area contributed by atoms with Crippen molar-refractivity contribution in [3.63, 3.8) is 0 Å². The summed E-state index contributed by atoms with van der Waals surface area (Å²) in [6.07, 6.45) is 2.01. The molecular weight excluding hydrogens is 198 g/mol. The maximum Gasteiger partial charge on any atom is 0.325 e. The van der Waals surface area contributed by atoms with Crippen molar-refractivity contribution in [1.82, 2.24) is 15.0 Å². The fourth-order valence-corrected chi connectivity index (χ4v) is 0.875. The molecule has 0 saturated heterocycles. The topological polar surface area (TPSA) is 66.4 Å². The molecule has 0 aromatic carbocycles. The molecule has 6 nitrogen and oxygen atoms in total. The average molecular weight is 213 g/mol. The van der Waals surface area contributed by atoms with E-state index in [1.807, 2.05) is 0 Å². The van der Waals surface area contributed by atoms with Crippen molar-refractivity contribution in [2.24, 2.45) is 0 Å². The van der Waals surface area contributed by atoms with Crippen molar-refractivity contribution < 1.29 is 14.2 Å². The predicted octanol–water partition coefficient (Wildman–Crippen LogP) is 1.07. The Labute approximate surface area is 88.6 Å². The van der Waals surface area contributed by atoms with Gasteiger partial charge in [-0.25, -0.2) is 0 Å². The Morgan fingerprint density at radius 1 is 0.933 bits per heavy atom. The molecule has 1 heterocycles. The molecule has 84 valence electrons. The molecule has 0 spiro atoms. The van der Waals surface area contributed by atoms with Gasteiger partial charge in [0.05, 0.1) is 20.8 Å². The zero-order valence-corrected chi connectivity index (χ0v) is 9.19. The summed E-state index contributed by atoms with van der Waals surface area (Å²) in [5.41, 5.74) is 0. The van der Waals surface area contributed by atoms with Gasteiger partial charge in [-0.3, -0.25) is 0 Å². The van der Waals surface area contributed by atoms with Gasteiger partial charge in [0, 0.05) is 0 Å². The number of hydrogen-bond donors (Lipinski definition) is 0. The highest BCUT2D eigenvalue weighted by Gasteiger charge is 2.07. The van der Waals surface area contributed by atoms with Crippen molar-refractivity contribution >= 4 is 0 Å². The summed E-state index contributed by atoms with van der Waals surface area (Å²) in [5, 5.41) is 0. The maximum absolute atomic E-state index is 5.31. The lowest BCUT2D eigenvalue weighted by molar-refractivity contribution is 0.262. The first-order chi connectivity index (χ1) is 7.30. The molecule has 0 aliphatic rings. The average Bonchev–Trinajstić information content (AvgIpc) is 2.29. The summed E-state index contributed by atoms with van der Waals surface area (Å²) in [4.78, 5) is 11.7. The highest BCUT2D eigenvalue weighted by Crippen LogP contribution is 2.13. The molecule has 0 fully saturated rings. The van der Waals surface area contributed by atoms with Crippen LogP contribution in [0.1, 0.15) is 19.8 Å². The third kappa shape index (κ3) is 3.57. The number of aromatic nitrogens is 3. The number of methoxy groups -OCH3 is 2. The molecule has 0 amide bonds. The van der Waals surface area contributed by atoms with E-state index in [0.29, 0.717) is 6.61 Å². The zero-order chi connectivity index (χ0) is 11.1. The molecule has 0 aliphatic carbocycles. The molecule has 0 N–H and O–H groups in total. The van der Waals surface area contributed by atoms with Gasteiger partial charge in [0.2, 0.25) is 0 Å². The lowest BCUT2D eigenvalue weighted by Crippen LogP contribution is -2.05. The van der Waals surface area contributed by atoms with E-state index in [4.69, 9.17) is 14.2 Å². The first-order valence-corrected chi connectivity index (χ1v) is 4.77. The molecule has 1 rings (SSSR count). The smallest absolute Gasteiger partial charge is 0.325 e. The van der Waals surface area contributed by atoms with E-state index in [2.05, 4.69) is 21.9 Å². The van der Waals surface area contributed by atoms with Gasteiger partial charge in [-0.1, -0.05) is 13.3 Å². The van der Waals surface area contributed by atoms with E-state index in [-0.39, 0.29) is 18.0 Å². The van der Waals surface area contributed by atoms with Crippen LogP contribution >= 0.6 is 0 Å². The Morgan fingerprint density at radius 3 is 1.93 bits per heavy atom. The Bertz CT molecular complexity index is 284. The van der Waals surface area contributed by atoms with Crippen LogP contribution in [-0.2, 0) is 0 Å². The molecule has 1 aromatic heterocycles. The van der Waals surface area contributed by atoms with Crippen molar-refractivity contribution in [3.8, 4) is 18.0 Å². The molecule has 0 aliphatic heterocycles. The van der Waals surface area contributed by atoms with Crippen LogP contribution in [0.15, 0.2) is 0 Å².